The van der Waals surface area contributed by atoms with Crippen molar-refractivity contribution in [1.82, 2.24) is 15.2 Å². The molecule has 2 aromatic rings. The molecule has 1 fully saturated rings. The van der Waals surface area contributed by atoms with E-state index in [-0.39, 0.29) is 11.9 Å². The summed E-state index contributed by atoms with van der Waals surface area (Å²) in [6, 6.07) is 14.4. The van der Waals surface area contributed by atoms with Crippen molar-refractivity contribution in [3.8, 4) is 0 Å². The fourth-order valence-electron chi connectivity index (χ4n) is 3.38. The highest BCUT2D eigenvalue weighted by Crippen LogP contribution is 2.18. The van der Waals surface area contributed by atoms with E-state index in [4.69, 9.17) is 0 Å². The lowest BCUT2D eigenvalue weighted by Gasteiger charge is -2.31. The minimum Gasteiger partial charge on any atom is -0.333 e. The smallest absolute Gasteiger partial charge is 0.227 e. The number of amides is 1. The second-order valence-electron chi connectivity index (χ2n) is 6.84. The molecule has 0 unspecified atom stereocenters. The van der Waals surface area contributed by atoms with Gasteiger partial charge in [-0.3, -0.25) is 9.78 Å². The highest BCUT2D eigenvalue weighted by atomic mass is 16.2. The van der Waals surface area contributed by atoms with Gasteiger partial charge in [0.15, 0.2) is 0 Å². The third kappa shape index (κ3) is 5.13. The molecule has 1 N–H and O–H groups in total. The van der Waals surface area contributed by atoms with Crippen LogP contribution in [0, 0.1) is 6.92 Å². The Morgan fingerprint density at radius 1 is 1.16 bits per heavy atom. The molecule has 1 atom stereocenters. The number of hydrogen-bond donors (Lipinski definition) is 1. The van der Waals surface area contributed by atoms with E-state index in [1.807, 2.05) is 18.2 Å². The Bertz CT molecular complexity index is 661. The Morgan fingerprint density at radius 2 is 2.00 bits per heavy atom. The van der Waals surface area contributed by atoms with E-state index in [0.717, 1.165) is 43.6 Å². The first-order valence-electron chi connectivity index (χ1n) is 9.18. The summed E-state index contributed by atoms with van der Waals surface area (Å²) in [4.78, 5) is 19.6. The van der Waals surface area contributed by atoms with Gasteiger partial charge in [-0.15, -0.1) is 0 Å². The van der Waals surface area contributed by atoms with Crippen LogP contribution in [-0.4, -0.2) is 34.9 Å². The summed E-state index contributed by atoms with van der Waals surface area (Å²) < 4.78 is 0. The van der Waals surface area contributed by atoms with Crippen LogP contribution in [0.4, 0.5) is 0 Å². The molecule has 1 aromatic heterocycles. The van der Waals surface area contributed by atoms with E-state index in [9.17, 15) is 4.79 Å². The fraction of sp³-hybridized carbons (Fsp3) is 0.429. The molecule has 1 amide bonds. The highest BCUT2D eigenvalue weighted by Gasteiger charge is 2.25. The number of nitrogens with zero attached hydrogens (tertiary/aromatic N) is 2. The average Bonchev–Trinajstić information content (AvgIpc) is 2.92. The summed E-state index contributed by atoms with van der Waals surface area (Å²) >= 11 is 0. The SMILES string of the molecule is Cc1ccc(CC(=O)N(Cc2ccccn2)[C@H]2CCCNCC2)cc1. The zero-order chi connectivity index (χ0) is 17.5. The number of pyridine rings is 1. The van der Waals surface area contributed by atoms with E-state index in [2.05, 4.69) is 46.4 Å². The number of benzene rings is 1. The second kappa shape index (κ2) is 8.77. The summed E-state index contributed by atoms with van der Waals surface area (Å²) in [6.07, 6.45) is 5.43. The third-order valence-electron chi connectivity index (χ3n) is 4.84. The molecular weight excluding hydrogens is 310 g/mol. The van der Waals surface area contributed by atoms with Crippen LogP contribution in [0.25, 0.3) is 0 Å². The first kappa shape index (κ1) is 17.6. The molecule has 1 aliphatic rings. The normalized spacial score (nSPS) is 17.7. The van der Waals surface area contributed by atoms with Gasteiger partial charge in [0.2, 0.25) is 5.91 Å². The van der Waals surface area contributed by atoms with Gasteiger partial charge in [0, 0.05) is 12.2 Å². The molecule has 2 heterocycles. The Kier molecular flexibility index (Phi) is 6.18. The molecular formula is C21H27N3O. The van der Waals surface area contributed by atoms with Gasteiger partial charge in [-0.2, -0.15) is 0 Å². The fourth-order valence-corrected chi connectivity index (χ4v) is 3.38. The van der Waals surface area contributed by atoms with Crippen molar-refractivity contribution >= 4 is 5.91 Å². The van der Waals surface area contributed by atoms with E-state index < -0.39 is 0 Å². The van der Waals surface area contributed by atoms with E-state index >= 15 is 0 Å². The van der Waals surface area contributed by atoms with Gasteiger partial charge in [0.25, 0.3) is 0 Å². The molecule has 0 aliphatic carbocycles. The topological polar surface area (TPSA) is 45.2 Å². The number of aromatic nitrogens is 1. The van der Waals surface area contributed by atoms with Crippen LogP contribution in [0.15, 0.2) is 48.7 Å². The Hall–Kier alpha value is -2.20. The summed E-state index contributed by atoms with van der Waals surface area (Å²) in [7, 11) is 0. The molecule has 4 nitrogen and oxygen atoms in total. The molecule has 0 saturated carbocycles. The van der Waals surface area contributed by atoms with Gasteiger partial charge in [-0.25, -0.2) is 0 Å². The summed E-state index contributed by atoms with van der Waals surface area (Å²) in [5.74, 6) is 0.196. The number of aryl methyl sites for hydroxylation is 1. The lowest BCUT2D eigenvalue weighted by molar-refractivity contribution is -0.133. The quantitative estimate of drug-likeness (QED) is 0.912. The van der Waals surface area contributed by atoms with Crippen molar-refractivity contribution in [2.75, 3.05) is 13.1 Å². The monoisotopic (exact) mass is 337 g/mol. The predicted molar refractivity (Wildman–Crippen MR) is 100 cm³/mol. The molecule has 1 aliphatic heterocycles. The van der Waals surface area contributed by atoms with Crippen LogP contribution in [0.3, 0.4) is 0 Å². The Labute approximate surface area is 150 Å². The van der Waals surface area contributed by atoms with Crippen molar-refractivity contribution in [1.29, 1.82) is 0 Å². The first-order chi connectivity index (χ1) is 12.2. The van der Waals surface area contributed by atoms with Crippen LogP contribution < -0.4 is 5.32 Å². The van der Waals surface area contributed by atoms with Crippen LogP contribution in [0.5, 0.6) is 0 Å². The first-order valence-corrected chi connectivity index (χ1v) is 9.18. The van der Waals surface area contributed by atoms with Crippen molar-refractivity contribution in [2.45, 2.75) is 45.2 Å². The number of carbonyl (C=O) groups excluding carboxylic acids is 1. The lowest BCUT2D eigenvalue weighted by atomic mass is 10.0. The van der Waals surface area contributed by atoms with E-state index in [0.29, 0.717) is 13.0 Å². The minimum absolute atomic E-state index is 0.196. The molecule has 0 radical (unpaired) electrons. The maximum atomic E-state index is 13.1. The number of carbonyl (C=O) groups is 1. The van der Waals surface area contributed by atoms with Crippen molar-refractivity contribution in [2.24, 2.45) is 0 Å². The molecule has 0 bridgehead atoms. The Balaban J connectivity index is 1.76. The molecule has 3 rings (SSSR count). The van der Waals surface area contributed by atoms with Crippen molar-refractivity contribution < 1.29 is 4.79 Å². The molecule has 4 heteroatoms. The average molecular weight is 337 g/mol. The summed E-state index contributed by atoms with van der Waals surface area (Å²) in [6.45, 7) is 4.68. The van der Waals surface area contributed by atoms with Crippen molar-refractivity contribution in [3.63, 3.8) is 0 Å². The molecule has 1 saturated heterocycles. The van der Waals surface area contributed by atoms with E-state index in [1.54, 1.807) is 6.20 Å². The summed E-state index contributed by atoms with van der Waals surface area (Å²) in [5.41, 5.74) is 3.25. The number of nitrogens with one attached hydrogen (secondary N) is 1. The maximum Gasteiger partial charge on any atom is 0.227 e. The van der Waals surface area contributed by atoms with Gasteiger partial charge >= 0.3 is 0 Å². The van der Waals surface area contributed by atoms with Gasteiger partial charge < -0.3 is 10.2 Å². The molecule has 132 valence electrons. The molecule has 0 spiro atoms. The second-order valence-corrected chi connectivity index (χ2v) is 6.84. The van der Waals surface area contributed by atoms with Gasteiger partial charge in [-0.1, -0.05) is 35.9 Å². The van der Waals surface area contributed by atoms with Crippen LogP contribution in [0.2, 0.25) is 0 Å². The maximum absolute atomic E-state index is 13.1. The molecule has 1 aromatic carbocycles. The molecule has 25 heavy (non-hydrogen) atoms. The zero-order valence-corrected chi connectivity index (χ0v) is 14.9. The minimum atomic E-state index is 0.196. The Morgan fingerprint density at radius 3 is 2.76 bits per heavy atom. The number of rotatable bonds is 5. The number of hydrogen-bond acceptors (Lipinski definition) is 3. The van der Waals surface area contributed by atoms with Crippen LogP contribution in [0.1, 0.15) is 36.1 Å². The van der Waals surface area contributed by atoms with Crippen LogP contribution in [-0.2, 0) is 17.8 Å². The van der Waals surface area contributed by atoms with E-state index in [1.165, 1.54) is 5.56 Å². The predicted octanol–water partition coefficient (Wildman–Crippen LogP) is 3.10. The van der Waals surface area contributed by atoms with Gasteiger partial charge in [-0.05, 0) is 57.0 Å². The van der Waals surface area contributed by atoms with Gasteiger partial charge in [0.05, 0.1) is 18.7 Å². The standard InChI is InChI=1S/C21H27N3O/c1-17-7-9-18(10-8-17)15-21(25)24(16-19-5-2-3-13-23-19)20-6-4-12-22-14-11-20/h2-3,5,7-10,13,20,22H,4,6,11-12,14-16H2,1H3/t20-/m0/s1. The van der Waals surface area contributed by atoms with Gasteiger partial charge in [0.1, 0.15) is 0 Å². The highest BCUT2D eigenvalue weighted by molar-refractivity contribution is 5.79. The zero-order valence-electron chi connectivity index (χ0n) is 14.9. The van der Waals surface area contributed by atoms with Crippen molar-refractivity contribution in [3.05, 3.63) is 65.5 Å². The summed E-state index contributed by atoms with van der Waals surface area (Å²) in [5, 5.41) is 3.44. The third-order valence-corrected chi connectivity index (χ3v) is 4.84. The largest absolute Gasteiger partial charge is 0.333 e. The van der Waals surface area contributed by atoms with Crippen LogP contribution >= 0.6 is 0 Å². The lowest BCUT2D eigenvalue weighted by Crippen LogP contribution is -2.41.